The first-order valence-electron chi connectivity index (χ1n) is 9.05. The summed E-state index contributed by atoms with van der Waals surface area (Å²) in [6, 6.07) is 13.7. The van der Waals surface area contributed by atoms with E-state index in [1.54, 1.807) is 24.8 Å². The second-order valence-corrected chi connectivity index (χ2v) is 6.41. The highest BCUT2D eigenvalue weighted by molar-refractivity contribution is 5.74. The smallest absolute Gasteiger partial charge is 0.178 e. The van der Waals surface area contributed by atoms with Crippen molar-refractivity contribution in [3.8, 4) is 22.9 Å². The lowest BCUT2D eigenvalue weighted by atomic mass is 10.3. The summed E-state index contributed by atoms with van der Waals surface area (Å²) < 4.78 is 2.09. The molecule has 5 aromatic rings. The van der Waals surface area contributed by atoms with E-state index in [1.165, 1.54) is 0 Å². The van der Waals surface area contributed by atoms with E-state index < -0.39 is 0 Å². The van der Waals surface area contributed by atoms with Gasteiger partial charge in [-0.1, -0.05) is 18.2 Å². The van der Waals surface area contributed by atoms with Gasteiger partial charge in [-0.05, 0) is 24.3 Å². The van der Waals surface area contributed by atoms with Gasteiger partial charge in [0.25, 0.3) is 0 Å². The van der Waals surface area contributed by atoms with Crippen molar-refractivity contribution >= 4 is 11.0 Å². The van der Waals surface area contributed by atoms with E-state index >= 15 is 0 Å². The largest absolute Gasteiger partial charge is 0.342 e. The van der Waals surface area contributed by atoms with Crippen molar-refractivity contribution in [3.05, 3.63) is 79.3 Å². The Morgan fingerprint density at radius 2 is 1.71 bits per heavy atom. The molecule has 0 aliphatic heterocycles. The molecule has 7 nitrogen and oxygen atoms in total. The molecule has 4 heterocycles. The standard InChI is InChI=1S/C21H17N7/c1-2-6-17-16(5-1)26-19(27-17)8-11-28-12-10-23-21(28)15-13-24-20(25-14-15)18-7-3-4-9-22-18/h1-7,9-10,12-14H,8,11H2,(H,26,27). The number of hydrogen-bond acceptors (Lipinski definition) is 5. The first-order chi connectivity index (χ1) is 13.9. The van der Waals surface area contributed by atoms with Crippen molar-refractivity contribution in [1.82, 2.24) is 34.5 Å². The van der Waals surface area contributed by atoms with Crippen molar-refractivity contribution in [2.24, 2.45) is 0 Å². The number of rotatable bonds is 5. The Bertz CT molecular complexity index is 1170. The first-order valence-corrected chi connectivity index (χ1v) is 9.05. The Hall–Kier alpha value is -3.87. The average molecular weight is 367 g/mol. The van der Waals surface area contributed by atoms with Crippen LogP contribution in [0.4, 0.5) is 0 Å². The van der Waals surface area contributed by atoms with E-state index in [0.29, 0.717) is 5.82 Å². The molecule has 0 aliphatic rings. The van der Waals surface area contributed by atoms with Crippen LogP contribution in [0, 0.1) is 0 Å². The van der Waals surface area contributed by atoms with Crippen LogP contribution in [0.25, 0.3) is 33.9 Å². The van der Waals surface area contributed by atoms with E-state index in [1.807, 2.05) is 48.7 Å². The zero-order valence-electron chi connectivity index (χ0n) is 15.0. The van der Waals surface area contributed by atoms with Crippen LogP contribution in [0.1, 0.15) is 5.82 Å². The molecule has 7 heteroatoms. The summed E-state index contributed by atoms with van der Waals surface area (Å²) >= 11 is 0. The lowest BCUT2D eigenvalue weighted by Gasteiger charge is -2.07. The molecule has 0 spiro atoms. The molecule has 28 heavy (non-hydrogen) atoms. The molecule has 5 rings (SSSR count). The molecular formula is C21H17N7. The van der Waals surface area contributed by atoms with Crippen LogP contribution in [-0.2, 0) is 13.0 Å². The third-order valence-corrected chi connectivity index (χ3v) is 4.55. The van der Waals surface area contributed by atoms with Crippen LogP contribution in [0.15, 0.2) is 73.4 Å². The summed E-state index contributed by atoms with van der Waals surface area (Å²) in [5.41, 5.74) is 3.67. The fourth-order valence-corrected chi connectivity index (χ4v) is 3.17. The second kappa shape index (κ2) is 7.03. The molecule has 0 fully saturated rings. The number of aryl methyl sites for hydroxylation is 2. The predicted molar refractivity (Wildman–Crippen MR) is 106 cm³/mol. The molecule has 0 radical (unpaired) electrons. The summed E-state index contributed by atoms with van der Waals surface area (Å²) in [5, 5.41) is 0. The quantitative estimate of drug-likeness (QED) is 0.514. The second-order valence-electron chi connectivity index (χ2n) is 6.41. The minimum Gasteiger partial charge on any atom is -0.342 e. The Morgan fingerprint density at radius 1 is 0.857 bits per heavy atom. The molecular weight excluding hydrogens is 350 g/mol. The van der Waals surface area contributed by atoms with Gasteiger partial charge in [0.1, 0.15) is 17.3 Å². The summed E-state index contributed by atoms with van der Waals surface area (Å²) in [5.74, 6) is 2.40. The molecule has 1 aromatic carbocycles. The molecule has 0 saturated carbocycles. The monoisotopic (exact) mass is 367 g/mol. The Balaban J connectivity index is 1.35. The maximum atomic E-state index is 4.64. The zero-order valence-corrected chi connectivity index (χ0v) is 15.0. The van der Waals surface area contributed by atoms with Gasteiger partial charge in [-0.3, -0.25) is 4.98 Å². The minimum atomic E-state index is 0.602. The van der Waals surface area contributed by atoms with Crippen LogP contribution < -0.4 is 0 Å². The highest BCUT2D eigenvalue weighted by Gasteiger charge is 2.10. The van der Waals surface area contributed by atoms with Crippen LogP contribution in [0.2, 0.25) is 0 Å². The number of H-pyrrole nitrogens is 1. The molecule has 0 amide bonds. The van der Waals surface area contributed by atoms with Gasteiger partial charge in [0.2, 0.25) is 0 Å². The Kier molecular flexibility index (Phi) is 4.10. The highest BCUT2D eigenvalue weighted by atomic mass is 15.1. The normalized spacial score (nSPS) is 11.1. The number of nitrogens with one attached hydrogen (secondary N) is 1. The van der Waals surface area contributed by atoms with Crippen molar-refractivity contribution in [2.45, 2.75) is 13.0 Å². The van der Waals surface area contributed by atoms with Crippen molar-refractivity contribution in [2.75, 3.05) is 0 Å². The number of aromatic amines is 1. The number of imidazole rings is 2. The first kappa shape index (κ1) is 16.3. The van der Waals surface area contributed by atoms with Gasteiger partial charge in [0.05, 0.1) is 16.6 Å². The third-order valence-electron chi connectivity index (χ3n) is 4.55. The summed E-state index contributed by atoms with van der Waals surface area (Å²) in [4.78, 5) is 25.7. The Labute approximate surface area is 161 Å². The van der Waals surface area contributed by atoms with Gasteiger partial charge >= 0.3 is 0 Å². The number of para-hydroxylation sites is 2. The maximum Gasteiger partial charge on any atom is 0.178 e. The van der Waals surface area contributed by atoms with E-state index in [0.717, 1.165) is 46.9 Å². The summed E-state index contributed by atoms with van der Waals surface area (Å²) in [6.45, 7) is 0.761. The van der Waals surface area contributed by atoms with Crippen molar-refractivity contribution < 1.29 is 0 Å². The topological polar surface area (TPSA) is 85.2 Å². The van der Waals surface area contributed by atoms with Crippen LogP contribution in [-0.4, -0.2) is 34.5 Å². The highest BCUT2D eigenvalue weighted by Crippen LogP contribution is 2.19. The summed E-state index contributed by atoms with van der Waals surface area (Å²) in [6.07, 6.45) is 9.85. The third kappa shape index (κ3) is 3.14. The molecule has 0 bridgehead atoms. The number of fused-ring (bicyclic) bond motifs is 1. The van der Waals surface area contributed by atoms with Gasteiger partial charge in [-0.15, -0.1) is 0 Å². The van der Waals surface area contributed by atoms with Crippen molar-refractivity contribution in [3.63, 3.8) is 0 Å². The van der Waals surface area contributed by atoms with Crippen LogP contribution in [0.3, 0.4) is 0 Å². The van der Waals surface area contributed by atoms with E-state index in [9.17, 15) is 0 Å². The molecule has 0 aliphatic carbocycles. The molecule has 0 saturated heterocycles. The van der Waals surface area contributed by atoms with Gasteiger partial charge in [0.15, 0.2) is 5.82 Å². The van der Waals surface area contributed by atoms with E-state index in [-0.39, 0.29) is 0 Å². The number of aromatic nitrogens is 7. The number of benzene rings is 1. The van der Waals surface area contributed by atoms with Gasteiger partial charge in [0, 0.05) is 43.9 Å². The SMILES string of the molecule is c1ccc(-c2ncc(-c3nccn3CCc3nc4ccccc4[nH]3)cn2)nc1. The van der Waals surface area contributed by atoms with E-state index in [2.05, 4.69) is 34.5 Å². The molecule has 0 atom stereocenters. The molecule has 136 valence electrons. The van der Waals surface area contributed by atoms with E-state index in [4.69, 9.17) is 0 Å². The lowest BCUT2D eigenvalue weighted by molar-refractivity contribution is 0.683. The van der Waals surface area contributed by atoms with Gasteiger partial charge < -0.3 is 9.55 Å². The zero-order chi connectivity index (χ0) is 18.8. The fourth-order valence-electron chi connectivity index (χ4n) is 3.17. The Morgan fingerprint density at radius 3 is 2.54 bits per heavy atom. The van der Waals surface area contributed by atoms with Crippen molar-refractivity contribution in [1.29, 1.82) is 0 Å². The average Bonchev–Trinajstić information content (AvgIpc) is 3.39. The molecule has 0 unspecified atom stereocenters. The van der Waals surface area contributed by atoms with Crippen LogP contribution in [0.5, 0.6) is 0 Å². The van der Waals surface area contributed by atoms with Gasteiger partial charge in [-0.25, -0.2) is 19.9 Å². The van der Waals surface area contributed by atoms with Gasteiger partial charge in [-0.2, -0.15) is 0 Å². The molecule has 1 N–H and O–H groups in total. The maximum absolute atomic E-state index is 4.64. The number of hydrogen-bond donors (Lipinski definition) is 1. The summed E-state index contributed by atoms with van der Waals surface area (Å²) in [7, 11) is 0. The fraction of sp³-hybridized carbons (Fsp3) is 0.0952. The lowest BCUT2D eigenvalue weighted by Crippen LogP contribution is -2.04. The van der Waals surface area contributed by atoms with Crippen LogP contribution >= 0.6 is 0 Å². The predicted octanol–water partition coefficient (Wildman–Crippen LogP) is 3.52. The molecule has 4 aromatic heterocycles. The number of nitrogens with zero attached hydrogens (tertiary/aromatic N) is 6. The number of pyridine rings is 1. The minimum absolute atomic E-state index is 0.602.